The predicted molar refractivity (Wildman–Crippen MR) is 111 cm³/mol. The van der Waals surface area contributed by atoms with Gasteiger partial charge in [0.15, 0.2) is 0 Å². The average molecular weight is 405 g/mol. The van der Waals surface area contributed by atoms with Crippen molar-refractivity contribution in [2.24, 2.45) is 29.1 Å². The first kappa shape index (κ1) is 21.1. The van der Waals surface area contributed by atoms with Crippen LogP contribution in [0.5, 0.6) is 0 Å². The zero-order chi connectivity index (χ0) is 20.3. The highest BCUT2D eigenvalue weighted by molar-refractivity contribution is 5.70. The molecule has 5 aliphatic rings. The van der Waals surface area contributed by atoms with E-state index >= 15 is 0 Å². The zero-order valence-corrected chi connectivity index (χ0v) is 17.9. The normalized spacial score (nSPS) is 34.7. The largest absolute Gasteiger partial charge is 0.465 e. The summed E-state index contributed by atoms with van der Waals surface area (Å²) in [7, 11) is 0. The van der Waals surface area contributed by atoms with Crippen molar-refractivity contribution in [1.82, 2.24) is 4.90 Å². The molecule has 163 valence electrons. The molecule has 4 aliphatic carbocycles. The molecule has 1 atom stereocenters. The summed E-state index contributed by atoms with van der Waals surface area (Å²) in [4.78, 5) is 26.8. The van der Waals surface area contributed by atoms with E-state index in [2.05, 4.69) is 11.8 Å². The minimum atomic E-state index is -0.200. The Hall–Kier alpha value is -1.10. The van der Waals surface area contributed by atoms with Gasteiger partial charge in [-0.2, -0.15) is 0 Å². The predicted octanol–water partition coefficient (Wildman–Crippen LogP) is 4.01. The summed E-state index contributed by atoms with van der Waals surface area (Å²) in [6.45, 7) is 7.41. The summed E-state index contributed by atoms with van der Waals surface area (Å²) < 4.78 is 10.9. The third-order valence-corrected chi connectivity index (χ3v) is 7.73. The molecule has 1 unspecified atom stereocenters. The molecule has 1 aliphatic heterocycles. The second-order valence-corrected chi connectivity index (χ2v) is 10.5. The molecule has 5 nitrogen and oxygen atoms in total. The number of carbonyl (C=O) groups excluding carboxylic acids is 2. The van der Waals surface area contributed by atoms with Crippen LogP contribution in [-0.2, 0) is 19.1 Å². The summed E-state index contributed by atoms with van der Waals surface area (Å²) >= 11 is 0. The molecule has 0 spiro atoms. The molecular weight excluding hydrogens is 366 g/mol. The van der Waals surface area contributed by atoms with Gasteiger partial charge in [0.2, 0.25) is 0 Å². The number of piperidine rings is 1. The van der Waals surface area contributed by atoms with E-state index < -0.39 is 0 Å². The minimum Gasteiger partial charge on any atom is -0.465 e. The van der Waals surface area contributed by atoms with Crippen LogP contribution in [0.2, 0.25) is 0 Å². The summed E-state index contributed by atoms with van der Waals surface area (Å²) in [5, 5.41) is 0. The van der Waals surface area contributed by atoms with Gasteiger partial charge in [-0.25, -0.2) is 0 Å². The Morgan fingerprint density at radius 2 is 1.45 bits per heavy atom. The third-order valence-electron chi connectivity index (χ3n) is 7.73. The van der Waals surface area contributed by atoms with Crippen molar-refractivity contribution < 1.29 is 19.1 Å². The van der Waals surface area contributed by atoms with Crippen LogP contribution in [0.4, 0.5) is 0 Å². The maximum absolute atomic E-state index is 12.5. The van der Waals surface area contributed by atoms with E-state index in [4.69, 9.17) is 9.47 Å². The molecule has 0 amide bonds. The third kappa shape index (κ3) is 5.74. The molecule has 0 N–H and O–H groups in total. The molecule has 1 saturated heterocycles. The van der Waals surface area contributed by atoms with Crippen molar-refractivity contribution >= 4 is 11.9 Å². The van der Waals surface area contributed by atoms with Crippen molar-refractivity contribution in [3.05, 3.63) is 6.92 Å². The van der Waals surface area contributed by atoms with E-state index in [0.29, 0.717) is 12.8 Å². The van der Waals surface area contributed by atoms with Gasteiger partial charge in [-0.3, -0.25) is 9.59 Å². The molecule has 0 aromatic carbocycles. The molecule has 4 saturated carbocycles. The Balaban J connectivity index is 1.10. The van der Waals surface area contributed by atoms with Crippen LogP contribution in [-0.4, -0.2) is 49.7 Å². The van der Waals surface area contributed by atoms with Gasteiger partial charge < -0.3 is 14.4 Å². The van der Waals surface area contributed by atoms with E-state index in [1.807, 2.05) is 0 Å². The van der Waals surface area contributed by atoms with Gasteiger partial charge in [0.05, 0.1) is 26.1 Å². The van der Waals surface area contributed by atoms with Crippen LogP contribution in [0.1, 0.15) is 70.6 Å². The van der Waals surface area contributed by atoms with Crippen LogP contribution in [0, 0.1) is 36.0 Å². The van der Waals surface area contributed by atoms with Gasteiger partial charge in [0.25, 0.3) is 0 Å². The lowest BCUT2D eigenvalue weighted by molar-refractivity contribution is -0.154. The molecule has 29 heavy (non-hydrogen) atoms. The Morgan fingerprint density at radius 3 is 2.03 bits per heavy atom. The van der Waals surface area contributed by atoms with Crippen LogP contribution in [0.15, 0.2) is 0 Å². The highest BCUT2D eigenvalue weighted by Crippen LogP contribution is 2.61. The Kier molecular flexibility index (Phi) is 6.83. The van der Waals surface area contributed by atoms with E-state index in [1.165, 1.54) is 57.8 Å². The number of ether oxygens (including phenoxy) is 2. The average Bonchev–Trinajstić information content (AvgIpc) is 2.68. The van der Waals surface area contributed by atoms with Gasteiger partial charge in [-0.15, -0.1) is 0 Å². The van der Waals surface area contributed by atoms with E-state index in [9.17, 15) is 9.59 Å². The Bertz CT molecular complexity index is 548. The summed E-state index contributed by atoms with van der Waals surface area (Å²) in [5.41, 5.74) is 0.212. The summed E-state index contributed by atoms with van der Waals surface area (Å²) in [6, 6.07) is 0. The van der Waals surface area contributed by atoms with Crippen LogP contribution in [0.25, 0.3) is 0 Å². The Labute approximate surface area is 175 Å². The molecule has 0 aromatic rings. The van der Waals surface area contributed by atoms with Gasteiger partial charge in [0.1, 0.15) is 0 Å². The van der Waals surface area contributed by atoms with Crippen LogP contribution < -0.4 is 0 Å². The second-order valence-electron chi connectivity index (χ2n) is 10.5. The number of hydrogen-bond acceptors (Lipinski definition) is 5. The lowest BCUT2D eigenvalue weighted by Crippen LogP contribution is -2.47. The topological polar surface area (TPSA) is 55.8 Å². The van der Waals surface area contributed by atoms with Gasteiger partial charge in [-0.05, 0) is 94.5 Å². The van der Waals surface area contributed by atoms with Crippen molar-refractivity contribution in [2.45, 2.75) is 70.6 Å². The van der Waals surface area contributed by atoms with E-state index in [1.54, 1.807) is 0 Å². The first-order valence-electron chi connectivity index (χ1n) is 11.9. The number of rotatable bonds is 9. The second kappa shape index (κ2) is 9.36. The minimum absolute atomic E-state index is 0.0861. The molecule has 5 rings (SSSR count). The summed E-state index contributed by atoms with van der Waals surface area (Å²) in [6.07, 6.45) is 12.6. The highest BCUT2D eigenvalue weighted by Gasteiger charge is 2.51. The fourth-order valence-electron chi connectivity index (χ4n) is 6.84. The van der Waals surface area contributed by atoms with Gasteiger partial charge >= 0.3 is 11.9 Å². The molecule has 5 heteroatoms. The number of hydrogen-bond donors (Lipinski definition) is 0. The fourth-order valence-corrected chi connectivity index (χ4v) is 6.84. The maximum atomic E-state index is 12.5. The van der Waals surface area contributed by atoms with Crippen molar-refractivity contribution in [1.29, 1.82) is 0 Å². The molecule has 1 radical (unpaired) electrons. The van der Waals surface area contributed by atoms with Crippen LogP contribution in [0.3, 0.4) is 0 Å². The number of carbonyl (C=O) groups is 2. The zero-order valence-electron chi connectivity index (χ0n) is 17.9. The molecule has 0 aromatic heterocycles. The van der Waals surface area contributed by atoms with Crippen molar-refractivity contribution in [3.8, 4) is 0 Å². The first-order valence-corrected chi connectivity index (χ1v) is 11.9. The molecule has 1 heterocycles. The lowest BCUT2D eigenvalue weighted by atomic mass is 9.49. The summed E-state index contributed by atoms with van der Waals surface area (Å²) in [5.74, 6) is 2.08. The van der Waals surface area contributed by atoms with Crippen molar-refractivity contribution in [2.75, 3.05) is 32.8 Å². The molecule has 4 bridgehead atoms. The quantitative estimate of drug-likeness (QED) is 0.544. The van der Waals surface area contributed by atoms with Gasteiger partial charge in [0, 0.05) is 12.5 Å². The van der Waals surface area contributed by atoms with Gasteiger partial charge in [-0.1, -0.05) is 6.42 Å². The van der Waals surface area contributed by atoms with E-state index in [0.717, 1.165) is 37.4 Å². The smallest absolute Gasteiger partial charge is 0.307 e. The first-order chi connectivity index (χ1) is 14.0. The van der Waals surface area contributed by atoms with Crippen LogP contribution >= 0.6 is 0 Å². The number of likely N-dealkylation sites (tertiary alicyclic amines) is 1. The molecular formula is C24H38NO4. The standard InChI is InChI=1S/C24H38NO4/c1-18(16-28-22(26)5-8-25-6-3-2-4-7-25)17-29-23(27)15-24-12-19-9-20(13-24)11-21(10-19)14-24/h18-21H,1-17H2. The van der Waals surface area contributed by atoms with E-state index in [-0.39, 0.29) is 36.5 Å². The monoisotopic (exact) mass is 404 g/mol. The maximum Gasteiger partial charge on any atom is 0.307 e. The Morgan fingerprint density at radius 1 is 0.897 bits per heavy atom. The molecule has 5 fully saturated rings. The number of nitrogens with zero attached hydrogens (tertiary/aromatic N) is 1. The SMILES string of the molecule is [CH2]C(COC(=O)CCN1CCCCC1)COC(=O)CC12CC3CC(CC(C3)C1)C2. The number of esters is 2. The van der Waals surface area contributed by atoms with Crippen molar-refractivity contribution in [3.63, 3.8) is 0 Å². The highest BCUT2D eigenvalue weighted by atomic mass is 16.5. The lowest BCUT2D eigenvalue weighted by Gasteiger charge is -2.56. The fraction of sp³-hybridized carbons (Fsp3) is 0.875.